The summed E-state index contributed by atoms with van der Waals surface area (Å²) in [4.78, 5) is 30.4. The maximum atomic E-state index is 13.7. The fraction of sp³-hybridized carbons (Fsp3) is 0.464. The van der Waals surface area contributed by atoms with Crippen LogP contribution in [0.25, 0.3) is 11.0 Å². The SMILES string of the molecule is CC(C)C[C@H]1COc2ccccc2C(=O)N(C)CCCCCN1C(=O)Cc1noc2ccccc12. The Bertz CT molecular complexity index is 1160. The maximum Gasteiger partial charge on any atom is 0.257 e. The van der Waals surface area contributed by atoms with Gasteiger partial charge in [0.05, 0.1) is 18.0 Å². The van der Waals surface area contributed by atoms with Gasteiger partial charge in [-0.15, -0.1) is 0 Å². The highest BCUT2D eigenvalue weighted by atomic mass is 16.5. The molecule has 2 aromatic carbocycles. The van der Waals surface area contributed by atoms with Crippen LogP contribution in [0, 0.1) is 5.92 Å². The lowest BCUT2D eigenvalue weighted by Crippen LogP contribution is -2.45. The highest BCUT2D eigenvalue weighted by molar-refractivity contribution is 5.96. The van der Waals surface area contributed by atoms with Crippen molar-refractivity contribution in [3.63, 3.8) is 0 Å². The van der Waals surface area contributed by atoms with Crippen molar-refractivity contribution in [1.82, 2.24) is 15.0 Å². The van der Waals surface area contributed by atoms with Crippen molar-refractivity contribution < 1.29 is 18.8 Å². The van der Waals surface area contributed by atoms with Gasteiger partial charge in [-0.05, 0) is 55.9 Å². The van der Waals surface area contributed by atoms with Crippen LogP contribution in [0.1, 0.15) is 55.6 Å². The number of aromatic nitrogens is 1. The van der Waals surface area contributed by atoms with E-state index in [0.717, 1.165) is 31.1 Å². The highest BCUT2D eigenvalue weighted by Gasteiger charge is 2.28. The van der Waals surface area contributed by atoms with E-state index in [-0.39, 0.29) is 24.3 Å². The molecule has 0 aliphatic carbocycles. The number of carbonyl (C=O) groups is 2. The second kappa shape index (κ2) is 11.4. The van der Waals surface area contributed by atoms with E-state index in [1.165, 1.54) is 0 Å². The second-order valence-electron chi connectivity index (χ2n) is 9.77. The number of ether oxygens (including phenoxy) is 1. The number of nitrogens with zero attached hydrogens (tertiary/aromatic N) is 3. The first-order valence-electron chi connectivity index (χ1n) is 12.5. The number of benzene rings is 2. The molecule has 186 valence electrons. The van der Waals surface area contributed by atoms with Crippen LogP contribution >= 0.6 is 0 Å². The third-order valence-electron chi connectivity index (χ3n) is 6.56. The second-order valence-corrected chi connectivity index (χ2v) is 9.77. The van der Waals surface area contributed by atoms with E-state index in [1.54, 1.807) is 4.90 Å². The molecule has 0 saturated heterocycles. The zero-order valence-electron chi connectivity index (χ0n) is 20.9. The number of amides is 2. The first-order valence-corrected chi connectivity index (χ1v) is 12.5. The van der Waals surface area contributed by atoms with E-state index < -0.39 is 0 Å². The lowest BCUT2D eigenvalue weighted by atomic mass is 10.0. The number of hydrogen-bond donors (Lipinski definition) is 0. The lowest BCUT2D eigenvalue weighted by Gasteiger charge is -2.33. The molecule has 0 N–H and O–H groups in total. The summed E-state index contributed by atoms with van der Waals surface area (Å²) in [7, 11) is 1.83. The predicted molar refractivity (Wildman–Crippen MR) is 135 cm³/mol. The molecule has 0 spiro atoms. The third-order valence-corrected chi connectivity index (χ3v) is 6.56. The van der Waals surface area contributed by atoms with Crippen molar-refractivity contribution >= 4 is 22.8 Å². The molecule has 1 aromatic heterocycles. The van der Waals surface area contributed by atoms with Gasteiger partial charge in [0.25, 0.3) is 5.91 Å². The van der Waals surface area contributed by atoms with E-state index in [4.69, 9.17) is 9.26 Å². The normalized spacial score (nSPS) is 17.9. The zero-order valence-corrected chi connectivity index (χ0v) is 20.9. The molecule has 0 bridgehead atoms. The van der Waals surface area contributed by atoms with Crippen molar-refractivity contribution in [3.05, 3.63) is 59.8 Å². The lowest BCUT2D eigenvalue weighted by molar-refractivity contribution is -0.134. The van der Waals surface area contributed by atoms with Crippen LogP contribution in [0.3, 0.4) is 0 Å². The van der Waals surface area contributed by atoms with E-state index in [1.807, 2.05) is 60.5 Å². The fourth-order valence-corrected chi connectivity index (χ4v) is 4.72. The Labute approximate surface area is 207 Å². The van der Waals surface area contributed by atoms with E-state index in [2.05, 4.69) is 19.0 Å². The van der Waals surface area contributed by atoms with Gasteiger partial charge >= 0.3 is 0 Å². The monoisotopic (exact) mass is 477 g/mol. The molecule has 7 heteroatoms. The van der Waals surface area contributed by atoms with E-state index >= 15 is 0 Å². The summed E-state index contributed by atoms with van der Waals surface area (Å²) < 4.78 is 11.7. The first-order chi connectivity index (χ1) is 16.9. The Balaban J connectivity index is 1.61. The first kappa shape index (κ1) is 24.8. The van der Waals surface area contributed by atoms with Gasteiger partial charge in [-0.2, -0.15) is 0 Å². The Morgan fingerprint density at radius 2 is 1.80 bits per heavy atom. The summed E-state index contributed by atoms with van der Waals surface area (Å²) in [5.74, 6) is 0.929. The van der Waals surface area contributed by atoms with Crippen molar-refractivity contribution in [2.24, 2.45) is 5.92 Å². The average Bonchev–Trinajstić information content (AvgIpc) is 3.26. The minimum atomic E-state index is -0.109. The average molecular weight is 478 g/mol. The molecule has 4 rings (SSSR count). The maximum absolute atomic E-state index is 13.7. The van der Waals surface area contributed by atoms with Gasteiger partial charge < -0.3 is 19.1 Å². The van der Waals surface area contributed by atoms with Gasteiger partial charge in [-0.25, -0.2) is 0 Å². The molecular weight excluding hydrogens is 442 g/mol. The summed E-state index contributed by atoms with van der Waals surface area (Å²) >= 11 is 0. The Morgan fingerprint density at radius 1 is 1.06 bits per heavy atom. The molecule has 1 aliphatic heterocycles. The smallest absolute Gasteiger partial charge is 0.257 e. The Morgan fingerprint density at radius 3 is 2.63 bits per heavy atom. The number of para-hydroxylation sites is 2. The van der Waals surface area contributed by atoms with Gasteiger partial charge in [-0.3, -0.25) is 9.59 Å². The molecular formula is C28H35N3O4. The van der Waals surface area contributed by atoms with E-state index in [9.17, 15) is 9.59 Å². The van der Waals surface area contributed by atoms with Gasteiger partial charge in [0, 0.05) is 25.5 Å². The molecule has 0 fully saturated rings. The summed E-state index contributed by atoms with van der Waals surface area (Å²) in [6, 6.07) is 14.9. The minimum Gasteiger partial charge on any atom is -0.491 e. The standard InChI is InChI=1S/C28H35N3O4/c1-20(2)17-21-19-34-25-13-7-6-12-23(25)28(33)30(3)15-9-4-10-16-31(21)27(32)18-24-22-11-5-8-14-26(22)35-29-24/h5-8,11-14,20-21H,4,9-10,15-19H2,1-3H3/t21-/m0/s1. The quantitative estimate of drug-likeness (QED) is 0.532. The van der Waals surface area contributed by atoms with Crippen molar-refractivity contribution in [1.29, 1.82) is 0 Å². The van der Waals surface area contributed by atoms with Crippen LogP contribution in [0.5, 0.6) is 5.75 Å². The third kappa shape index (κ3) is 6.02. The molecule has 1 atom stereocenters. The summed E-state index contributed by atoms with van der Waals surface area (Å²) in [5.41, 5.74) is 1.91. The Hall–Kier alpha value is -3.35. The molecule has 0 unspecified atom stereocenters. The Kier molecular flexibility index (Phi) is 8.06. The highest BCUT2D eigenvalue weighted by Crippen LogP contribution is 2.24. The minimum absolute atomic E-state index is 0.0228. The van der Waals surface area contributed by atoms with Gasteiger partial charge in [0.2, 0.25) is 5.91 Å². The van der Waals surface area contributed by atoms with Crippen LogP contribution in [0.2, 0.25) is 0 Å². The zero-order chi connectivity index (χ0) is 24.8. The molecule has 0 saturated carbocycles. The number of fused-ring (bicyclic) bond motifs is 2. The molecule has 3 aromatic rings. The molecule has 2 amide bonds. The number of rotatable bonds is 4. The largest absolute Gasteiger partial charge is 0.491 e. The number of carbonyl (C=O) groups excluding carboxylic acids is 2. The van der Waals surface area contributed by atoms with Crippen LogP contribution in [0.4, 0.5) is 0 Å². The fourth-order valence-electron chi connectivity index (χ4n) is 4.72. The summed E-state index contributed by atoms with van der Waals surface area (Å²) in [5, 5.41) is 5.05. The van der Waals surface area contributed by atoms with Crippen LogP contribution in [0.15, 0.2) is 53.1 Å². The topological polar surface area (TPSA) is 75.9 Å². The summed E-state index contributed by atoms with van der Waals surface area (Å²) in [6.07, 6.45) is 3.68. The number of hydrogen-bond acceptors (Lipinski definition) is 5. The molecule has 1 aliphatic rings. The van der Waals surface area contributed by atoms with E-state index in [0.29, 0.717) is 48.2 Å². The molecule has 7 nitrogen and oxygen atoms in total. The van der Waals surface area contributed by atoms with Gasteiger partial charge in [0.1, 0.15) is 18.1 Å². The summed E-state index contributed by atoms with van der Waals surface area (Å²) in [6.45, 7) is 5.95. The van der Waals surface area contributed by atoms with Crippen LogP contribution in [-0.4, -0.2) is 59.6 Å². The molecule has 2 heterocycles. The van der Waals surface area contributed by atoms with Crippen LogP contribution < -0.4 is 4.74 Å². The van der Waals surface area contributed by atoms with Gasteiger partial charge in [0.15, 0.2) is 5.58 Å². The van der Waals surface area contributed by atoms with Crippen molar-refractivity contribution in [3.8, 4) is 5.75 Å². The van der Waals surface area contributed by atoms with Crippen molar-refractivity contribution in [2.75, 3.05) is 26.7 Å². The predicted octanol–water partition coefficient (Wildman–Crippen LogP) is 4.95. The van der Waals surface area contributed by atoms with Crippen molar-refractivity contribution in [2.45, 2.75) is 52.0 Å². The van der Waals surface area contributed by atoms with Gasteiger partial charge in [-0.1, -0.05) is 43.3 Å². The van der Waals surface area contributed by atoms with Crippen LogP contribution in [-0.2, 0) is 11.2 Å². The molecule has 0 radical (unpaired) electrons. The molecule has 35 heavy (non-hydrogen) atoms.